The Labute approximate surface area is 157 Å². The average Bonchev–Trinajstić information content (AvgIpc) is 2.93. The van der Waals surface area contributed by atoms with Crippen molar-refractivity contribution in [3.05, 3.63) is 53.5 Å². The van der Waals surface area contributed by atoms with E-state index in [4.69, 9.17) is 9.47 Å². The number of carbonyl (C=O) groups is 1. The van der Waals surface area contributed by atoms with Crippen molar-refractivity contribution < 1.29 is 18.7 Å². The Balaban J connectivity index is 1.79. The molecule has 0 spiro atoms. The van der Waals surface area contributed by atoms with E-state index in [0.29, 0.717) is 30.4 Å². The molecule has 3 aromatic rings. The molecule has 0 saturated carbocycles. The number of aromatic nitrogens is 1. The van der Waals surface area contributed by atoms with Gasteiger partial charge in [0.05, 0.1) is 19.6 Å². The van der Waals surface area contributed by atoms with Crippen LogP contribution in [-0.4, -0.2) is 24.1 Å². The van der Waals surface area contributed by atoms with E-state index >= 15 is 0 Å². The molecule has 0 aliphatic carbocycles. The molecular weight excluding hydrogens is 347 g/mol. The predicted octanol–water partition coefficient (Wildman–Crippen LogP) is 4.59. The van der Waals surface area contributed by atoms with Gasteiger partial charge in [-0.2, -0.15) is 0 Å². The molecule has 0 unspecified atom stereocenters. The van der Waals surface area contributed by atoms with E-state index < -0.39 is 0 Å². The number of aromatic amines is 1. The van der Waals surface area contributed by atoms with Crippen molar-refractivity contribution in [2.45, 2.75) is 27.2 Å². The molecule has 0 radical (unpaired) electrons. The van der Waals surface area contributed by atoms with E-state index in [1.165, 1.54) is 12.1 Å². The third kappa shape index (κ3) is 4.22. The first-order chi connectivity index (χ1) is 13.0. The zero-order valence-electron chi connectivity index (χ0n) is 15.7. The number of amides is 1. The lowest BCUT2D eigenvalue weighted by Gasteiger charge is -2.13. The fourth-order valence-corrected chi connectivity index (χ4v) is 3.08. The lowest BCUT2D eigenvalue weighted by Crippen LogP contribution is -2.15. The van der Waals surface area contributed by atoms with E-state index in [9.17, 15) is 9.18 Å². The molecule has 0 aliphatic rings. The summed E-state index contributed by atoms with van der Waals surface area (Å²) in [5, 5.41) is 3.60. The summed E-state index contributed by atoms with van der Waals surface area (Å²) in [6.45, 7) is 6.70. The van der Waals surface area contributed by atoms with Crippen molar-refractivity contribution in [3.63, 3.8) is 0 Å². The van der Waals surface area contributed by atoms with Crippen LogP contribution in [0.5, 0.6) is 11.5 Å². The molecule has 0 saturated heterocycles. The third-order valence-electron chi connectivity index (χ3n) is 4.25. The van der Waals surface area contributed by atoms with Gasteiger partial charge in [-0.15, -0.1) is 0 Å². The van der Waals surface area contributed by atoms with E-state index in [1.807, 2.05) is 20.8 Å². The normalized spacial score (nSPS) is 10.8. The minimum atomic E-state index is -0.323. The topological polar surface area (TPSA) is 63.3 Å². The van der Waals surface area contributed by atoms with Gasteiger partial charge in [-0.1, -0.05) is 0 Å². The van der Waals surface area contributed by atoms with E-state index in [2.05, 4.69) is 10.3 Å². The Hall–Kier alpha value is -3.02. The number of fused-ring (bicyclic) bond motifs is 1. The summed E-state index contributed by atoms with van der Waals surface area (Å²) in [5.74, 6) is 0.716. The molecule has 2 N–H and O–H groups in total. The van der Waals surface area contributed by atoms with Crippen LogP contribution in [0.15, 0.2) is 36.4 Å². The molecule has 0 atom stereocenters. The molecule has 0 aliphatic heterocycles. The van der Waals surface area contributed by atoms with E-state index in [0.717, 1.165) is 22.2 Å². The van der Waals surface area contributed by atoms with Crippen LogP contribution in [0.3, 0.4) is 0 Å². The van der Waals surface area contributed by atoms with Crippen molar-refractivity contribution in [1.82, 2.24) is 4.98 Å². The maximum atomic E-state index is 13.6. The summed E-state index contributed by atoms with van der Waals surface area (Å²) in [6, 6.07) is 9.82. The molecule has 3 rings (SSSR count). The van der Waals surface area contributed by atoms with Crippen molar-refractivity contribution in [2.75, 3.05) is 18.5 Å². The summed E-state index contributed by atoms with van der Waals surface area (Å²) < 4.78 is 24.7. The van der Waals surface area contributed by atoms with Crippen LogP contribution in [0.2, 0.25) is 0 Å². The highest BCUT2D eigenvalue weighted by atomic mass is 19.1. The Morgan fingerprint density at radius 3 is 2.56 bits per heavy atom. The molecular formula is C21H23FN2O3. The zero-order chi connectivity index (χ0) is 19.4. The monoisotopic (exact) mass is 370 g/mol. The zero-order valence-corrected chi connectivity index (χ0v) is 15.7. The first-order valence-corrected chi connectivity index (χ1v) is 8.98. The summed E-state index contributed by atoms with van der Waals surface area (Å²) in [5.41, 5.74) is 3.08. The van der Waals surface area contributed by atoms with Gasteiger partial charge in [-0.25, -0.2) is 4.39 Å². The standard InChI is InChI=1S/C21H23FN2O3/c1-4-26-19-9-7-15(11-20(19)27-5-2)24-21(25)12-16-13(3)23-18-8-6-14(22)10-17(16)18/h6-11,23H,4-5,12H2,1-3H3,(H,24,25). The van der Waals surface area contributed by atoms with Crippen LogP contribution in [0, 0.1) is 12.7 Å². The number of benzene rings is 2. The number of rotatable bonds is 7. The van der Waals surface area contributed by atoms with Gasteiger partial charge in [0.15, 0.2) is 11.5 Å². The molecule has 2 aromatic carbocycles. The lowest BCUT2D eigenvalue weighted by molar-refractivity contribution is -0.115. The fourth-order valence-electron chi connectivity index (χ4n) is 3.08. The lowest BCUT2D eigenvalue weighted by atomic mass is 10.1. The number of hydrogen-bond acceptors (Lipinski definition) is 3. The highest BCUT2D eigenvalue weighted by molar-refractivity contribution is 5.96. The van der Waals surface area contributed by atoms with Crippen LogP contribution in [0.1, 0.15) is 25.1 Å². The summed E-state index contributed by atoms with van der Waals surface area (Å²) >= 11 is 0. The molecule has 0 bridgehead atoms. The Kier molecular flexibility index (Phi) is 5.64. The minimum absolute atomic E-state index is 0.145. The van der Waals surface area contributed by atoms with Gasteiger partial charge in [-0.05, 0) is 56.7 Å². The second-order valence-corrected chi connectivity index (χ2v) is 6.17. The van der Waals surface area contributed by atoms with E-state index in [1.54, 1.807) is 24.3 Å². The highest BCUT2D eigenvalue weighted by Gasteiger charge is 2.14. The molecule has 0 fully saturated rings. The summed E-state index contributed by atoms with van der Waals surface area (Å²) in [4.78, 5) is 15.7. The maximum Gasteiger partial charge on any atom is 0.228 e. The van der Waals surface area contributed by atoms with Gasteiger partial charge < -0.3 is 19.8 Å². The predicted molar refractivity (Wildman–Crippen MR) is 104 cm³/mol. The van der Waals surface area contributed by atoms with Crippen molar-refractivity contribution in [1.29, 1.82) is 0 Å². The molecule has 5 nitrogen and oxygen atoms in total. The molecule has 6 heteroatoms. The molecule has 1 aromatic heterocycles. The Morgan fingerprint density at radius 2 is 1.81 bits per heavy atom. The average molecular weight is 370 g/mol. The molecule has 1 amide bonds. The fraction of sp³-hybridized carbons (Fsp3) is 0.286. The van der Waals surface area contributed by atoms with Crippen molar-refractivity contribution >= 4 is 22.5 Å². The van der Waals surface area contributed by atoms with Crippen LogP contribution in [0.4, 0.5) is 10.1 Å². The van der Waals surface area contributed by atoms with Crippen LogP contribution < -0.4 is 14.8 Å². The number of aryl methyl sites for hydroxylation is 1. The first kappa shape index (κ1) is 18.8. The summed E-state index contributed by atoms with van der Waals surface area (Å²) in [7, 11) is 0. The SMILES string of the molecule is CCOc1ccc(NC(=O)Cc2c(C)[nH]c3ccc(F)cc23)cc1OCC. The number of carbonyl (C=O) groups excluding carboxylic acids is 1. The van der Waals surface area contributed by atoms with Gasteiger partial charge >= 0.3 is 0 Å². The number of anilines is 1. The van der Waals surface area contributed by atoms with Crippen LogP contribution >= 0.6 is 0 Å². The Bertz CT molecular complexity index is 965. The van der Waals surface area contributed by atoms with Gasteiger partial charge in [0.25, 0.3) is 0 Å². The van der Waals surface area contributed by atoms with E-state index in [-0.39, 0.29) is 18.1 Å². The van der Waals surface area contributed by atoms with Crippen LogP contribution in [0.25, 0.3) is 10.9 Å². The number of nitrogens with one attached hydrogen (secondary N) is 2. The van der Waals surface area contributed by atoms with Gasteiger partial charge in [0, 0.05) is 28.4 Å². The molecule has 27 heavy (non-hydrogen) atoms. The Morgan fingerprint density at radius 1 is 1.07 bits per heavy atom. The smallest absolute Gasteiger partial charge is 0.228 e. The van der Waals surface area contributed by atoms with Crippen molar-refractivity contribution in [3.8, 4) is 11.5 Å². The number of H-pyrrole nitrogens is 1. The number of hydrogen-bond donors (Lipinski definition) is 2. The second kappa shape index (κ2) is 8.12. The summed E-state index contributed by atoms with van der Waals surface area (Å²) in [6.07, 6.45) is 0.145. The van der Waals surface area contributed by atoms with Gasteiger partial charge in [-0.3, -0.25) is 4.79 Å². The largest absolute Gasteiger partial charge is 0.490 e. The molecule has 1 heterocycles. The minimum Gasteiger partial charge on any atom is -0.490 e. The van der Waals surface area contributed by atoms with Gasteiger partial charge in [0.2, 0.25) is 5.91 Å². The number of halogens is 1. The quantitative estimate of drug-likeness (QED) is 0.639. The van der Waals surface area contributed by atoms with Gasteiger partial charge in [0.1, 0.15) is 5.82 Å². The number of ether oxygens (including phenoxy) is 2. The second-order valence-electron chi connectivity index (χ2n) is 6.17. The first-order valence-electron chi connectivity index (χ1n) is 8.98. The highest BCUT2D eigenvalue weighted by Crippen LogP contribution is 2.31. The third-order valence-corrected chi connectivity index (χ3v) is 4.25. The van der Waals surface area contributed by atoms with Crippen molar-refractivity contribution in [2.24, 2.45) is 0 Å². The van der Waals surface area contributed by atoms with Crippen LogP contribution in [-0.2, 0) is 11.2 Å². The molecule has 142 valence electrons. The maximum absolute atomic E-state index is 13.6.